The molecule has 0 spiro atoms. The lowest BCUT2D eigenvalue weighted by Crippen LogP contribution is -2.34. The van der Waals surface area contributed by atoms with Crippen molar-refractivity contribution in [2.75, 3.05) is 20.3 Å². The zero-order valence-electron chi connectivity index (χ0n) is 7.88. The molecule has 1 saturated heterocycles. The largest absolute Gasteiger partial charge is 0.384 e. The van der Waals surface area contributed by atoms with Crippen LogP contribution in [0.2, 0.25) is 0 Å². The number of hydrogen-bond donors (Lipinski definition) is 1. The van der Waals surface area contributed by atoms with Gasteiger partial charge in [0, 0.05) is 19.7 Å². The Bertz CT molecular complexity index is 145. The molecular weight excluding hydrogens is 150 g/mol. The quantitative estimate of drug-likeness (QED) is 0.689. The van der Waals surface area contributed by atoms with Crippen LogP contribution in [0.1, 0.15) is 25.7 Å². The first-order chi connectivity index (χ1) is 5.90. The maximum atomic E-state index is 5.17. The van der Waals surface area contributed by atoms with Gasteiger partial charge in [-0.15, -0.1) is 0 Å². The lowest BCUT2D eigenvalue weighted by Gasteiger charge is -2.31. The average Bonchev–Trinajstić information content (AvgIpc) is 2.34. The Morgan fingerprint density at radius 3 is 2.83 bits per heavy atom. The Morgan fingerprint density at radius 2 is 2.25 bits per heavy atom. The van der Waals surface area contributed by atoms with Gasteiger partial charge in [-0.3, -0.25) is 0 Å². The number of rotatable bonds is 3. The van der Waals surface area contributed by atoms with Gasteiger partial charge >= 0.3 is 0 Å². The van der Waals surface area contributed by atoms with Crippen LogP contribution in [0, 0.1) is 11.8 Å². The minimum atomic E-state index is 0.778. The lowest BCUT2D eigenvalue weighted by molar-refractivity contribution is 0.155. The first-order valence-corrected chi connectivity index (χ1v) is 5.12. The predicted molar refractivity (Wildman–Crippen MR) is 49.1 cm³/mol. The van der Waals surface area contributed by atoms with Crippen LogP contribution in [0.5, 0.6) is 0 Å². The molecule has 2 aliphatic rings. The SMILES string of the molecule is COCC1CNC(C2CCC2)C1. The highest BCUT2D eigenvalue weighted by Gasteiger charge is 2.33. The third-order valence-corrected chi connectivity index (χ3v) is 3.38. The van der Waals surface area contributed by atoms with Gasteiger partial charge in [-0.1, -0.05) is 6.42 Å². The fraction of sp³-hybridized carbons (Fsp3) is 1.00. The molecule has 1 heterocycles. The van der Waals surface area contributed by atoms with E-state index in [9.17, 15) is 0 Å². The Kier molecular flexibility index (Phi) is 2.66. The topological polar surface area (TPSA) is 21.3 Å². The monoisotopic (exact) mass is 169 g/mol. The number of nitrogens with one attached hydrogen (secondary N) is 1. The van der Waals surface area contributed by atoms with Gasteiger partial charge in [0.15, 0.2) is 0 Å². The first-order valence-electron chi connectivity index (χ1n) is 5.12. The highest BCUT2D eigenvalue weighted by Crippen LogP contribution is 2.34. The van der Waals surface area contributed by atoms with Gasteiger partial charge in [0.2, 0.25) is 0 Å². The van der Waals surface area contributed by atoms with E-state index in [1.165, 1.54) is 32.2 Å². The van der Waals surface area contributed by atoms with Crippen LogP contribution in [-0.2, 0) is 4.74 Å². The summed E-state index contributed by atoms with van der Waals surface area (Å²) in [7, 11) is 1.80. The fourth-order valence-corrected chi connectivity index (χ4v) is 2.41. The number of methoxy groups -OCH3 is 1. The van der Waals surface area contributed by atoms with E-state index in [0.29, 0.717) is 0 Å². The molecule has 0 aromatic rings. The molecule has 0 aromatic carbocycles. The van der Waals surface area contributed by atoms with E-state index >= 15 is 0 Å². The molecule has 1 N–H and O–H groups in total. The second-order valence-corrected chi connectivity index (χ2v) is 4.26. The minimum Gasteiger partial charge on any atom is -0.384 e. The minimum absolute atomic E-state index is 0.778. The van der Waals surface area contributed by atoms with E-state index in [-0.39, 0.29) is 0 Å². The zero-order chi connectivity index (χ0) is 8.39. The van der Waals surface area contributed by atoms with Crippen molar-refractivity contribution in [1.29, 1.82) is 0 Å². The molecule has 2 heteroatoms. The molecule has 2 atom stereocenters. The van der Waals surface area contributed by atoms with Crippen LogP contribution in [0.4, 0.5) is 0 Å². The molecule has 0 bridgehead atoms. The predicted octanol–water partition coefficient (Wildman–Crippen LogP) is 1.41. The second-order valence-electron chi connectivity index (χ2n) is 4.26. The lowest BCUT2D eigenvalue weighted by atomic mass is 9.78. The average molecular weight is 169 g/mol. The molecular formula is C10H19NO. The summed E-state index contributed by atoms with van der Waals surface area (Å²) in [6.45, 7) is 2.12. The summed E-state index contributed by atoms with van der Waals surface area (Å²) >= 11 is 0. The molecule has 0 radical (unpaired) electrons. The van der Waals surface area contributed by atoms with Gasteiger partial charge in [-0.2, -0.15) is 0 Å². The maximum absolute atomic E-state index is 5.17. The van der Waals surface area contributed by atoms with Crippen molar-refractivity contribution >= 4 is 0 Å². The van der Waals surface area contributed by atoms with E-state index in [4.69, 9.17) is 4.74 Å². The third kappa shape index (κ3) is 1.64. The maximum Gasteiger partial charge on any atom is 0.0503 e. The summed E-state index contributed by atoms with van der Waals surface area (Å²) in [5, 5.41) is 3.61. The molecule has 2 nitrogen and oxygen atoms in total. The summed E-state index contributed by atoms with van der Waals surface area (Å²) in [4.78, 5) is 0. The van der Waals surface area contributed by atoms with Crippen molar-refractivity contribution in [3.8, 4) is 0 Å². The van der Waals surface area contributed by atoms with Crippen molar-refractivity contribution in [3.63, 3.8) is 0 Å². The number of ether oxygens (including phenoxy) is 1. The van der Waals surface area contributed by atoms with E-state index in [1.54, 1.807) is 7.11 Å². The van der Waals surface area contributed by atoms with E-state index in [0.717, 1.165) is 24.5 Å². The van der Waals surface area contributed by atoms with Crippen molar-refractivity contribution in [2.45, 2.75) is 31.7 Å². The van der Waals surface area contributed by atoms with Crippen LogP contribution in [0.15, 0.2) is 0 Å². The molecule has 1 saturated carbocycles. The molecule has 2 unspecified atom stereocenters. The Morgan fingerprint density at radius 1 is 1.42 bits per heavy atom. The summed E-state index contributed by atoms with van der Waals surface area (Å²) in [6, 6.07) is 0.818. The van der Waals surface area contributed by atoms with Crippen molar-refractivity contribution in [3.05, 3.63) is 0 Å². The molecule has 1 aliphatic heterocycles. The third-order valence-electron chi connectivity index (χ3n) is 3.38. The summed E-state index contributed by atoms with van der Waals surface area (Å²) in [5.74, 6) is 1.77. The second kappa shape index (κ2) is 3.75. The van der Waals surface area contributed by atoms with Crippen LogP contribution >= 0.6 is 0 Å². The zero-order valence-corrected chi connectivity index (χ0v) is 7.88. The molecule has 0 aromatic heterocycles. The highest BCUT2D eigenvalue weighted by molar-refractivity contribution is 4.89. The molecule has 70 valence electrons. The molecule has 2 rings (SSSR count). The first kappa shape index (κ1) is 8.52. The van der Waals surface area contributed by atoms with Gasteiger partial charge in [0.1, 0.15) is 0 Å². The summed E-state index contributed by atoms with van der Waals surface area (Å²) < 4.78 is 5.17. The molecule has 0 amide bonds. The normalized spacial score (nSPS) is 36.8. The van der Waals surface area contributed by atoms with Crippen molar-refractivity contribution < 1.29 is 4.74 Å². The van der Waals surface area contributed by atoms with Crippen LogP contribution in [0.25, 0.3) is 0 Å². The fourth-order valence-electron chi connectivity index (χ4n) is 2.41. The van der Waals surface area contributed by atoms with Gasteiger partial charge in [-0.05, 0) is 31.1 Å². The van der Waals surface area contributed by atoms with Crippen molar-refractivity contribution in [1.82, 2.24) is 5.32 Å². The van der Waals surface area contributed by atoms with Crippen molar-refractivity contribution in [2.24, 2.45) is 11.8 Å². The molecule has 2 fully saturated rings. The Labute approximate surface area is 74.7 Å². The van der Waals surface area contributed by atoms with E-state index in [1.807, 2.05) is 0 Å². The van der Waals surface area contributed by atoms with Crippen LogP contribution < -0.4 is 5.32 Å². The van der Waals surface area contributed by atoms with E-state index < -0.39 is 0 Å². The summed E-state index contributed by atoms with van der Waals surface area (Å²) in [5.41, 5.74) is 0. The smallest absolute Gasteiger partial charge is 0.0503 e. The van der Waals surface area contributed by atoms with E-state index in [2.05, 4.69) is 5.32 Å². The van der Waals surface area contributed by atoms with Gasteiger partial charge in [0.05, 0.1) is 6.61 Å². The van der Waals surface area contributed by atoms with Crippen LogP contribution in [-0.4, -0.2) is 26.3 Å². The summed E-state index contributed by atoms with van der Waals surface area (Å²) in [6.07, 6.45) is 5.71. The Balaban J connectivity index is 1.73. The van der Waals surface area contributed by atoms with Gasteiger partial charge < -0.3 is 10.1 Å². The highest BCUT2D eigenvalue weighted by atomic mass is 16.5. The molecule has 12 heavy (non-hydrogen) atoms. The standard InChI is InChI=1S/C10H19NO/c1-12-7-8-5-10(11-6-8)9-3-2-4-9/h8-11H,2-7H2,1H3. The Hall–Kier alpha value is -0.0800. The van der Waals surface area contributed by atoms with Gasteiger partial charge in [-0.25, -0.2) is 0 Å². The molecule has 1 aliphatic carbocycles. The van der Waals surface area contributed by atoms with Crippen LogP contribution in [0.3, 0.4) is 0 Å². The van der Waals surface area contributed by atoms with Gasteiger partial charge in [0.25, 0.3) is 0 Å². The number of hydrogen-bond acceptors (Lipinski definition) is 2.